The third-order valence-electron chi connectivity index (χ3n) is 3.34. The lowest BCUT2D eigenvalue weighted by atomic mass is 10.2. The van der Waals surface area contributed by atoms with Gasteiger partial charge >= 0.3 is 0 Å². The highest BCUT2D eigenvalue weighted by Gasteiger charge is 2.14. The van der Waals surface area contributed by atoms with Gasteiger partial charge in [-0.3, -0.25) is 4.79 Å². The molecule has 4 nitrogen and oxygen atoms in total. The van der Waals surface area contributed by atoms with E-state index in [4.69, 9.17) is 0 Å². The highest BCUT2D eigenvalue weighted by molar-refractivity contribution is 7.22. The zero-order valence-corrected chi connectivity index (χ0v) is 13.1. The van der Waals surface area contributed by atoms with Crippen molar-refractivity contribution in [1.82, 2.24) is 10.3 Å². The first-order valence-electron chi connectivity index (χ1n) is 7.16. The number of anilines is 1. The van der Waals surface area contributed by atoms with Crippen LogP contribution in [0.15, 0.2) is 54.6 Å². The van der Waals surface area contributed by atoms with Crippen molar-refractivity contribution in [2.75, 3.05) is 5.32 Å². The van der Waals surface area contributed by atoms with E-state index in [1.54, 1.807) is 11.3 Å². The largest absolute Gasteiger partial charge is 0.350 e. The Morgan fingerprint density at radius 3 is 2.64 bits per heavy atom. The van der Waals surface area contributed by atoms with E-state index >= 15 is 0 Å². The van der Waals surface area contributed by atoms with Gasteiger partial charge in [0.2, 0.25) is 5.91 Å². The van der Waals surface area contributed by atoms with Gasteiger partial charge in [0.15, 0.2) is 5.13 Å². The number of amides is 1. The zero-order chi connectivity index (χ0) is 15.4. The average molecular weight is 311 g/mol. The third kappa shape index (κ3) is 3.43. The van der Waals surface area contributed by atoms with Gasteiger partial charge in [0.05, 0.1) is 10.2 Å². The number of thiazole rings is 1. The first kappa shape index (κ1) is 14.5. The van der Waals surface area contributed by atoms with Crippen LogP contribution in [-0.2, 0) is 11.3 Å². The van der Waals surface area contributed by atoms with Crippen LogP contribution in [-0.4, -0.2) is 16.9 Å². The van der Waals surface area contributed by atoms with Crippen LogP contribution in [0.4, 0.5) is 5.13 Å². The second-order valence-electron chi connectivity index (χ2n) is 5.06. The highest BCUT2D eigenvalue weighted by Crippen LogP contribution is 2.25. The van der Waals surface area contributed by atoms with E-state index < -0.39 is 0 Å². The molecule has 1 heterocycles. The number of nitrogens with one attached hydrogen (secondary N) is 2. The molecule has 5 heteroatoms. The van der Waals surface area contributed by atoms with Crippen LogP contribution in [0.2, 0.25) is 0 Å². The Bertz CT molecular complexity index is 737. The van der Waals surface area contributed by atoms with Crippen molar-refractivity contribution >= 4 is 32.6 Å². The Balaban J connectivity index is 1.58. The van der Waals surface area contributed by atoms with Gasteiger partial charge in [-0.2, -0.15) is 0 Å². The number of fused-ring (bicyclic) bond motifs is 1. The summed E-state index contributed by atoms with van der Waals surface area (Å²) in [6.45, 7) is 2.37. The fourth-order valence-corrected chi connectivity index (χ4v) is 3.08. The van der Waals surface area contributed by atoms with Gasteiger partial charge in [0.25, 0.3) is 0 Å². The van der Waals surface area contributed by atoms with Crippen LogP contribution < -0.4 is 10.6 Å². The molecule has 0 saturated heterocycles. The normalized spacial score (nSPS) is 12.0. The molecule has 2 aromatic carbocycles. The molecule has 22 heavy (non-hydrogen) atoms. The summed E-state index contributed by atoms with van der Waals surface area (Å²) in [6.07, 6.45) is 0. The standard InChI is InChI=1S/C17H17N3OS/c1-12(16(21)18-11-13-7-3-2-4-8-13)19-17-20-14-9-5-6-10-15(14)22-17/h2-10,12H,11H2,1H3,(H,18,21)(H,19,20). The van der Waals surface area contributed by atoms with Gasteiger partial charge in [-0.05, 0) is 24.6 Å². The molecule has 0 aliphatic rings. The van der Waals surface area contributed by atoms with Crippen LogP contribution in [0.5, 0.6) is 0 Å². The molecule has 1 atom stereocenters. The molecule has 1 aromatic heterocycles. The minimum atomic E-state index is -0.329. The number of carbonyl (C=O) groups is 1. The highest BCUT2D eigenvalue weighted by atomic mass is 32.1. The smallest absolute Gasteiger partial charge is 0.242 e. The van der Waals surface area contributed by atoms with E-state index in [-0.39, 0.29) is 11.9 Å². The number of benzene rings is 2. The molecule has 0 aliphatic carbocycles. The molecule has 0 radical (unpaired) electrons. The number of nitrogens with zero attached hydrogens (tertiary/aromatic N) is 1. The zero-order valence-electron chi connectivity index (χ0n) is 12.2. The molecule has 112 valence electrons. The maximum atomic E-state index is 12.1. The van der Waals surface area contributed by atoms with Crippen molar-refractivity contribution in [3.8, 4) is 0 Å². The van der Waals surface area contributed by atoms with Crippen molar-refractivity contribution in [3.05, 3.63) is 60.2 Å². The molecule has 0 saturated carbocycles. The Hall–Kier alpha value is -2.40. The first-order valence-corrected chi connectivity index (χ1v) is 7.98. The van der Waals surface area contributed by atoms with Gasteiger partial charge < -0.3 is 10.6 Å². The second kappa shape index (κ2) is 6.58. The molecule has 0 aliphatic heterocycles. The summed E-state index contributed by atoms with van der Waals surface area (Å²) in [4.78, 5) is 16.6. The molecule has 2 N–H and O–H groups in total. The van der Waals surface area contributed by atoms with Crippen LogP contribution in [0, 0.1) is 0 Å². The quantitative estimate of drug-likeness (QED) is 0.759. The topological polar surface area (TPSA) is 54.0 Å². The van der Waals surface area contributed by atoms with E-state index in [1.807, 2.05) is 61.5 Å². The second-order valence-corrected chi connectivity index (χ2v) is 6.09. The lowest BCUT2D eigenvalue weighted by molar-refractivity contribution is -0.121. The molecular formula is C17H17N3OS. The van der Waals surface area contributed by atoms with Crippen LogP contribution in [0.1, 0.15) is 12.5 Å². The van der Waals surface area contributed by atoms with Crippen LogP contribution in [0.25, 0.3) is 10.2 Å². The van der Waals surface area contributed by atoms with Crippen molar-refractivity contribution in [3.63, 3.8) is 0 Å². The minimum Gasteiger partial charge on any atom is -0.350 e. The van der Waals surface area contributed by atoms with Crippen molar-refractivity contribution in [2.45, 2.75) is 19.5 Å². The van der Waals surface area contributed by atoms with E-state index in [9.17, 15) is 4.79 Å². The maximum Gasteiger partial charge on any atom is 0.242 e. The summed E-state index contributed by atoms with van der Waals surface area (Å²) in [7, 11) is 0. The predicted molar refractivity (Wildman–Crippen MR) is 91.0 cm³/mol. The summed E-state index contributed by atoms with van der Waals surface area (Å²) < 4.78 is 1.11. The molecule has 0 bridgehead atoms. The van der Waals surface area contributed by atoms with Gasteiger partial charge in [-0.25, -0.2) is 4.98 Å². The Kier molecular flexibility index (Phi) is 4.34. The molecule has 1 unspecified atom stereocenters. The van der Waals surface area contributed by atoms with Gasteiger partial charge in [0.1, 0.15) is 6.04 Å². The molecular weight excluding hydrogens is 294 g/mol. The van der Waals surface area contributed by atoms with Gasteiger partial charge in [0, 0.05) is 6.54 Å². The predicted octanol–water partition coefficient (Wildman–Crippen LogP) is 3.41. The van der Waals surface area contributed by atoms with Crippen molar-refractivity contribution in [1.29, 1.82) is 0 Å². The fraction of sp³-hybridized carbons (Fsp3) is 0.176. The van der Waals surface area contributed by atoms with Gasteiger partial charge in [-0.15, -0.1) is 0 Å². The minimum absolute atomic E-state index is 0.0388. The average Bonchev–Trinajstić information content (AvgIpc) is 2.95. The fourth-order valence-electron chi connectivity index (χ4n) is 2.12. The molecule has 3 aromatic rings. The number of rotatable bonds is 5. The van der Waals surface area contributed by atoms with Crippen molar-refractivity contribution < 1.29 is 4.79 Å². The summed E-state index contributed by atoms with van der Waals surface area (Å²) in [6, 6.07) is 17.5. The van der Waals surface area contributed by atoms with E-state index in [0.29, 0.717) is 6.54 Å². The molecule has 0 spiro atoms. The maximum absolute atomic E-state index is 12.1. The summed E-state index contributed by atoms with van der Waals surface area (Å²) in [5.74, 6) is -0.0388. The Labute approximate surface area is 133 Å². The molecule has 1 amide bonds. The first-order chi connectivity index (χ1) is 10.7. The van der Waals surface area contributed by atoms with E-state index in [2.05, 4.69) is 15.6 Å². The van der Waals surface area contributed by atoms with E-state index in [0.717, 1.165) is 20.9 Å². The summed E-state index contributed by atoms with van der Waals surface area (Å²) in [5, 5.41) is 6.86. The molecule has 0 fully saturated rings. The molecule has 3 rings (SSSR count). The number of carbonyl (C=O) groups excluding carboxylic acids is 1. The van der Waals surface area contributed by atoms with Crippen LogP contribution >= 0.6 is 11.3 Å². The lowest BCUT2D eigenvalue weighted by Crippen LogP contribution is -2.37. The SMILES string of the molecule is CC(Nc1nc2ccccc2s1)C(=O)NCc1ccccc1. The lowest BCUT2D eigenvalue weighted by Gasteiger charge is -2.13. The monoisotopic (exact) mass is 311 g/mol. The number of hydrogen-bond donors (Lipinski definition) is 2. The number of aromatic nitrogens is 1. The van der Waals surface area contributed by atoms with Crippen LogP contribution in [0.3, 0.4) is 0 Å². The summed E-state index contributed by atoms with van der Waals surface area (Å²) >= 11 is 1.56. The number of hydrogen-bond acceptors (Lipinski definition) is 4. The van der Waals surface area contributed by atoms with Crippen molar-refractivity contribution in [2.24, 2.45) is 0 Å². The Morgan fingerprint density at radius 2 is 1.86 bits per heavy atom. The van der Waals surface area contributed by atoms with E-state index in [1.165, 1.54) is 0 Å². The number of para-hydroxylation sites is 1. The third-order valence-corrected chi connectivity index (χ3v) is 4.30. The summed E-state index contributed by atoms with van der Waals surface area (Å²) in [5.41, 5.74) is 2.04. The Morgan fingerprint density at radius 1 is 1.14 bits per heavy atom. The van der Waals surface area contributed by atoms with Gasteiger partial charge in [-0.1, -0.05) is 53.8 Å².